The van der Waals surface area contributed by atoms with Gasteiger partial charge in [-0.15, -0.1) is 0 Å². The summed E-state index contributed by atoms with van der Waals surface area (Å²) in [4.78, 5) is 21.5. The van der Waals surface area contributed by atoms with E-state index in [1.54, 1.807) is 25.6 Å². The summed E-state index contributed by atoms with van der Waals surface area (Å²) in [5.41, 5.74) is 1.92. The fourth-order valence-electron chi connectivity index (χ4n) is 4.86. The maximum Gasteiger partial charge on any atom is 0.243 e. The van der Waals surface area contributed by atoms with Crippen molar-refractivity contribution in [3.63, 3.8) is 0 Å². The van der Waals surface area contributed by atoms with Crippen LogP contribution in [0.5, 0.6) is 11.5 Å². The predicted molar refractivity (Wildman–Crippen MR) is 170 cm³/mol. The third kappa shape index (κ3) is 6.83. The van der Waals surface area contributed by atoms with Crippen LogP contribution in [-0.4, -0.2) is 78.9 Å². The highest BCUT2D eigenvalue weighted by molar-refractivity contribution is 6.41. The van der Waals surface area contributed by atoms with Gasteiger partial charge in [0.05, 0.1) is 74.6 Å². The number of rotatable bonds is 13. The van der Waals surface area contributed by atoms with Crippen LogP contribution >= 0.6 is 23.2 Å². The van der Waals surface area contributed by atoms with Crippen LogP contribution in [0.15, 0.2) is 49.4 Å². The van der Waals surface area contributed by atoms with Crippen molar-refractivity contribution in [3.8, 4) is 22.8 Å². The smallest absolute Gasteiger partial charge is 0.243 e. The summed E-state index contributed by atoms with van der Waals surface area (Å²) in [6.07, 6.45) is 6.72. The molecule has 44 heavy (non-hydrogen) atoms. The number of fused-ring (bicyclic) bond motifs is 1. The van der Waals surface area contributed by atoms with E-state index in [4.69, 9.17) is 47.1 Å². The molecule has 1 aliphatic heterocycles. The number of halogens is 2. The molecule has 4 aromatic rings. The van der Waals surface area contributed by atoms with E-state index in [-0.39, 0.29) is 18.0 Å². The van der Waals surface area contributed by atoms with E-state index in [2.05, 4.69) is 32.6 Å². The summed E-state index contributed by atoms with van der Waals surface area (Å²) in [5, 5.41) is 16.3. The Bertz CT molecular complexity index is 1640. The van der Waals surface area contributed by atoms with Crippen LogP contribution in [0.2, 0.25) is 10.0 Å². The number of pyridine rings is 2. The lowest BCUT2D eigenvalue weighted by atomic mass is 10.1. The van der Waals surface area contributed by atoms with Crippen molar-refractivity contribution in [1.82, 2.24) is 25.1 Å². The van der Waals surface area contributed by atoms with Crippen molar-refractivity contribution in [2.24, 2.45) is 0 Å². The highest BCUT2D eigenvalue weighted by atomic mass is 35.5. The van der Waals surface area contributed by atoms with Gasteiger partial charge in [-0.2, -0.15) is 5.10 Å². The first-order valence-corrected chi connectivity index (χ1v) is 14.5. The molecule has 1 unspecified atom stereocenters. The van der Waals surface area contributed by atoms with Gasteiger partial charge < -0.3 is 34.9 Å². The average molecular weight is 643 g/mol. The van der Waals surface area contributed by atoms with Gasteiger partial charge in [0.2, 0.25) is 5.91 Å². The van der Waals surface area contributed by atoms with Gasteiger partial charge >= 0.3 is 0 Å². The highest BCUT2D eigenvalue weighted by Gasteiger charge is 2.29. The molecule has 12 nitrogen and oxygen atoms in total. The SMILES string of the molecule is C=CC(=O)N[C@H]1COCC1Nc1cc2c(NCc3cnn(CCOC)c3)nc(-c3c(Cl)c(OC)cc(OC)c3Cl)cc2cn1. The molecule has 232 valence electrons. The Balaban J connectivity index is 1.53. The lowest BCUT2D eigenvalue weighted by Crippen LogP contribution is -2.45. The molecule has 0 bridgehead atoms. The highest BCUT2D eigenvalue weighted by Crippen LogP contribution is 2.46. The topological polar surface area (TPSA) is 134 Å². The molecule has 3 N–H and O–H groups in total. The lowest BCUT2D eigenvalue weighted by molar-refractivity contribution is -0.117. The normalized spacial score (nSPS) is 16.1. The zero-order chi connectivity index (χ0) is 31.2. The third-order valence-electron chi connectivity index (χ3n) is 7.14. The summed E-state index contributed by atoms with van der Waals surface area (Å²) in [7, 11) is 4.70. The quantitative estimate of drug-likeness (QED) is 0.178. The molecule has 1 amide bonds. The van der Waals surface area contributed by atoms with E-state index >= 15 is 0 Å². The van der Waals surface area contributed by atoms with Crippen molar-refractivity contribution in [3.05, 3.63) is 65.1 Å². The van der Waals surface area contributed by atoms with E-state index in [0.717, 1.165) is 16.3 Å². The Morgan fingerprint density at radius 2 is 1.86 bits per heavy atom. The Kier molecular flexibility index (Phi) is 10.1. The Labute approximate surface area is 264 Å². The zero-order valence-corrected chi connectivity index (χ0v) is 26.0. The van der Waals surface area contributed by atoms with Gasteiger partial charge in [0.1, 0.15) is 23.1 Å². The van der Waals surface area contributed by atoms with Crippen LogP contribution in [0, 0.1) is 0 Å². The van der Waals surface area contributed by atoms with Crippen LogP contribution in [0.4, 0.5) is 11.6 Å². The van der Waals surface area contributed by atoms with E-state index in [9.17, 15) is 4.79 Å². The minimum atomic E-state index is -0.265. The number of methoxy groups -OCH3 is 3. The minimum Gasteiger partial charge on any atom is -0.495 e. The monoisotopic (exact) mass is 641 g/mol. The van der Waals surface area contributed by atoms with E-state index in [0.29, 0.717) is 77.3 Å². The number of hydrogen-bond donors (Lipinski definition) is 3. The molecule has 0 spiro atoms. The van der Waals surface area contributed by atoms with Gasteiger partial charge in [-0.1, -0.05) is 29.8 Å². The minimum absolute atomic E-state index is 0.188. The van der Waals surface area contributed by atoms with Gasteiger partial charge in [0.15, 0.2) is 0 Å². The fraction of sp³-hybridized carbons (Fsp3) is 0.333. The van der Waals surface area contributed by atoms with Crippen molar-refractivity contribution in [1.29, 1.82) is 0 Å². The number of aromatic nitrogens is 4. The maximum absolute atomic E-state index is 11.9. The maximum atomic E-state index is 11.9. The first-order chi connectivity index (χ1) is 21.3. The van der Waals surface area contributed by atoms with Crippen LogP contribution in [0.1, 0.15) is 5.56 Å². The van der Waals surface area contributed by atoms with E-state index in [1.165, 1.54) is 20.3 Å². The second kappa shape index (κ2) is 14.1. The predicted octanol–water partition coefficient (Wildman–Crippen LogP) is 4.56. The number of nitrogens with one attached hydrogen (secondary N) is 3. The van der Waals surface area contributed by atoms with Crippen molar-refractivity contribution in [2.75, 3.05) is 51.8 Å². The van der Waals surface area contributed by atoms with Gasteiger partial charge in [-0.3, -0.25) is 9.48 Å². The molecular weight excluding hydrogens is 609 g/mol. The molecule has 2 atom stereocenters. The molecule has 1 saturated heterocycles. The van der Waals surface area contributed by atoms with Crippen molar-refractivity contribution in [2.45, 2.75) is 25.2 Å². The van der Waals surface area contributed by atoms with Crippen LogP contribution in [0.25, 0.3) is 22.0 Å². The summed E-state index contributed by atoms with van der Waals surface area (Å²) >= 11 is 13.5. The Morgan fingerprint density at radius 3 is 2.57 bits per heavy atom. The number of nitrogens with zero attached hydrogens (tertiary/aromatic N) is 4. The molecule has 5 rings (SSSR count). The zero-order valence-electron chi connectivity index (χ0n) is 24.5. The third-order valence-corrected chi connectivity index (χ3v) is 7.89. The molecule has 1 fully saturated rings. The number of carbonyl (C=O) groups is 1. The second-order valence-electron chi connectivity index (χ2n) is 10.00. The standard InChI is InChI=1S/C30H33Cl2N7O5/c1-5-26(40)37-22-16-44-15-21(22)36-25-9-19-18(13-33-25)8-20(27-28(31)23(42-3)10-24(43-4)29(27)32)38-30(19)34-11-17-12-35-39(14-17)6-7-41-2/h5,8-10,12-14,21-22H,1,6-7,11,15-16H2,2-4H3,(H,33,36)(H,34,38)(H,37,40)/t21?,22-/m0/s1. The Hall–Kier alpha value is -4.10. The molecule has 0 aliphatic carbocycles. The van der Waals surface area contributed by atoms with Crippen LogP contribution in [-0.2, 0) is 27.4 Å². The summed E-state index contributed by atoms with van der Waals surface area (Å²) in [5.74, 6) is 1.70. The molecule has 1 aromatic carbocycles. The molecule has 1 aliphatic rings. The molecular formula is C30H33Cl2N7O5. The van der Waals surface area contributed by atoms with Gasteiger partial charge in [0, 0.05) is 54.0 Å². The molecule has 3 aromatic heterocycles. The number of anilines is 2. The number of carbonyl (C=O) groups excluding carboxylic acids is 1. The summed E-state index contributed by atoms with van der Waals surface area (Å²) in [6, 6.07) is 4.96. The first-order valence-electron chi connectivity index (χ1n) is 13.8. The number of hydrogen-bond acceptors (Lipinski definition) is 10. The van der Waals surface area contributed by atoms with Gasteiger partial charge in [-0.05, 0) is 18.2 Å². The van der Waals surface area contributed by atoms with Gasteiger partial charge in [0.25, 0.3) is 0 Å². The van der Waals surface area contributed by atoms with E-state index in [1.807, 2.05) is 23.0 Å². The molecule has 0 saturated carbocycles. The van der Waals surface area contributed by atoms with Crippen LogP contribution in [0.3, 0.4) is 0 Å². The molecule has 0 radical (unpaired) electrons. The second-order valence-corrected chi connectivity index (χ2v) is 10.8. The summed E-state index contributed by atoms with van der Waals surface area (Å²) in [6.45, 7) is 5.96. The summed E-state index contributed by atoms with van der Waals surface area (Å²) < 4.78 is 23.6. The first kappa shape index (κ1) is 31.3. The molecule has 14 heteroatoms. The average Bonchev–Trinajstić information content (AvgIpc) is 3.68. The van der Waals surface area contributed by atoms with E-state index < -0.39 is 0 Å². The number of benzene rings is 1. The lowest BCUT2D eigenvalue weighted by Gasteiger charge is -2.21. The largest absolute Gasteiger partial charge is 0.495 e. The van der Waals surface area contributed by atoms with Crippen LogP contribution < -0.4 is 25.4 Å². The number of ether oxygens (including phenoxy) is 4. The molecule has 4 heterocycles. The number of amides is 1. The van der Waals surface area contributed by atoms with Gasteiger partial charge in [-0.25, -0.2) is 9.97 Å². The Morgan fingerprint density at radius 1 is 1.11 bits per heavy atom. The van der Waals surface area contributed by atoms with Crippen molar-refractivity contribution >= 4 is 51.5 Å². The van der Waals surface area contributed by atoms with Crippen molar-refractivity contribution < 1.29 is 23.7 Å². The fourth-order valence-corrected chi connectivity index (χ4v) is 5.55.